The van der Waals surface area contributed by atoms with Crippen molar-refractivity contribution >= 4 is 10.0 Å². The predicted molar refractivity (Wildman–Crippen MR) is 63.7 cm³/mol. The monoisotopic (exact) mass is 239 g/mol. The molecule has 4 heteroatoms. The lowest BCUT2D eigenvalue weighted by molar-refractivity contribution is 0.464. The Hall–Kier alpha value is -0.870. The molecule has 1 aromatic carbocycles. The van der Waals surface area contributed by atoms with Gasteiger partial charge in [0, 0.05) is 13.1 Å². The van der Waals surface area contributed by atoms with Crippen molar-refractivity contribution in [2.75, 3.05) is 13.1 Å². The van der Waals surface area contributed by atoms with Crippen LogP contribution in [0.3, 0.4) is 0 Å². The van der Waals surface area contributed by atoms with Crippen LogP contribution in [-0.4, -0.2) is 25.8 Å². The summed E-state index contributed by atoms with van der Waals surface area (Å²) in [5, 5.41) is 0. The third kappa shape index (κ3) is 2.13. The molecule has 0 aromatic heterocycles. The van der Waals surface area contributed by atoms with Gasteiger partial charge in [-0.1, -0.05) is 19.1 Å². The molecule has 0 amide bonds. The highest BCUT2D eigenvalue weighted by molar-refractivity contribution is 7.89. The van der Waals surface area contributed by atoms with E-state index in [4.69, 9.17) is 0 Å². The third-order valence-corrected chi connectivity index (χ3v) is 4.88. The molecule has 0 radical (unpaired) electrons. The second kappa shape index (κ2) is 4.18. The van der Waals surface area contributed by atoms with E-state index in [2.05, 4.69) is 6.92 Å². The van der Waals surface area contributed by atoms with Crippen LogP contribution in [-0.2, 0) is 10.0 Å². The summed E-state index contributed by atoms with van der Waals surface area (Å²) in [6, 6.07) is 7.11. The van der Waals surface area contributed by atoms with Crippen LogP contribution in [0.25, 0.3) is 0 Å². The molecule has 1 fully saturated rings. The smallest absolute Gasteiger partial charge is 0.207 e. The maximum absolute atomic E-state index is 12.3. The number of benzene rings is 1. The molecule has 3 nitrogen and oxygen atoms in total. The lowest BCUT2D eigenvalue weighted by Crippen LogP contribution is -2.28. The first-order valence-corrected chi connectivity index (χ1v) is 7.01. The summed E-state index contributed by atoms with van der Waals surface area (Å²) >= 11 is 0. The van der Waals surface area contributed by atoms with E-state index in [0.29, 0.717) is 23.9 Å². The maximum Gasteiger partial charge on any atom is 0.243 e. The minimum absolute atomic E-state index is 0.418. The van der Waals surface area contributed by atoms with Crippen molar-refractivity contribution in [2.24, 2.45) is 5.92 Å². The van der Waals surface area contributed by atoms with Crippen LogP contribution in [0.15, 0.2) is 29.2 Å². The maximum atomic E-state index is 12.3. The van der Waals surface area contributed by atoms with Crippen LogP contribution in [0.5, 0.6) is 0 Å². The topological polar surface area (TPSA) is 37.4 Å². The molecule has 16 heavy (non-hydrogen) atoms. The van der Waals surface area contributed by atoms with E-state index in [1.807, 2.05) is 13.0 Å². The Balaban J connectivity index is 2.32. The van der Waals surface area contributed by atoms with E-state index in [1.165, 1.54) is 0 Å². The summed E-state index contributed by atoms with van der Waals surface area (Å²) < 4.78 is 26.1. The van der Waals surface area contributed by atoms with Crippen LogP contribution in [0, 0.1) is 12.8 Å². The third-order valence-electron chi connectivity index (χ3n) is 3.01. The number of hydrogen-bond donors (Lipinski definition) is 0. The van der Waals surface area contributed by atoms with Gasteiger partial charge < -0.3 is 0 Å². The molecule has 2 rings (SSSR count). The van der Waals surface area contributed by atoms with Gasteiger partial charge in [-0.2, -0.15) is 4.31 Å². The van der Waals surface area contributed by atoms with E-state index in [-0.39, 0.29) is 0 Å². The van der Waals surface area contributed by atoms with Gasteiger partial charge >= 0.3 is 0 Å². The van der Waals surface area contributed by atoms with Gasteiger partial charge in [0.05, 0.1) is 4.90 Å². The molecule has 1 aromatic rings. The Morgan fingerprint density at radius 3 is 2.69 bits per heavy atom. The van der Waals surface area contributed by atoms with Crippen LogP contribution < -0.4 is 0 Å². The first-order chi connectivity index (χ1) is 7.50. The molecule has 0 bridgehead atoms. The largest absolute Gasteiger partial charge is 0.243 e. The summed E-state index contributed by atoms with van der Waals surface area (Å²) in [6.45, 7) is 5.30. The second-order valence-electron chi connectivity index (χ2n) is 4.57. The highest BCUT2D eigenvalue weighted by Crippen LogP contribution is 2.24. The number of rotatable bonds is 2. The van der Waals surface area contributed by atoms with Gasteiger partial charge in [-0.25, -0.2) is 8.42 Å². The lowest BCUT2D eigenvalue weighted by atomic mass is 10.2. The molecule has 1 aliphatic heterocycles. The first kappa shape index (κ1) is 11.6. The van der Waals surface area contributed by atoms with Gasteiger partial charge in [-0.15, -0.1) is 0 Å². The van der Waals surface area contributed by atoms with Gasteiger partial charge in [-0.05, 0) is 37.0 Å². The Bertz CT molecular complexity index is 482. The molecule has 1 heterocycles. The highest BCUT2D eigenvalue weighted by atomic mass is 32.2. The summed E-state index contributed by atoms with van der Waals surface area (Å²) in [6.07, 6.45) is 0.963. The minimum Gasteiger partial charge on any atom is -0.207 e. The van der Waals surface area contributed by atoms with Crippen molar-refractivity contribution in [2.45, 2.75) is 25.2 Å². The molecule has 1 saturated heterocycles. The summed E-state index contributed by atoms with van der Waals surface area (Å²) in [7, 11) is -3.26. The van der Waals surface area contributed by atoms with Crippen molar-refractivity contribution in [3.63, 3.8) is 0 Å². The lowest BCUT2D eigenvalue weighted by Gasteiger charge is -2.16. The molecule has 1 unspecified atom stereocenters. The molecular formula is C12H17NO2S. The zero-order valence-corrected chi connectivity index (χ0v) is 10.5. The average molecular weight is 239 g/mol. The number of aryl methyl sites for hydroxylation is 1. The van der Waals surface area contributed by atoms with Crippen LogP contribution in [0.4, 0.5) is 0 Å². The SMILES string of the molecule is Cc1cccc(S(=O)(=O)N2CCC(C)C2)c1. The zero-order valence-electron chi connectivity index (χ0n) is 9.68. The standard InChI is InChI=1S/C12H17NO2S/c1-10-4-3-5-12(8-10)16(14,15)13-7-6-11(2)9-13/h3-5,8,11H,6-7,9H2,1-2H3. The first-order valence-electron chi connectivity index (χ1n) is 5.57. The van der Waals surface area contributed by atoms with E-state index < -0.39 is 10.0 Å². The minimum atomic E-state index is -3.26. The van der Waals surface area contributed by atoms with Crippen molar-refractivity contribution in [1.29, 1.82) is 0 Å². The average Bonchev–Trinajstić information content (AvgIpc) is 2.65. The molecule has 0 saturated carbocycles. The molecular weight excluding hydrogens is 222 g/mol. The van der Waals surface area contributed by atoms with Gasteiger partial charge in [0.15, 0.2) is 0 Å². The Kier molecular flexibility index (Phi) is 3.04. The van der Waals surface area contributed by atoms with Crippen LogP contribution in [0.2, 0.25) is 0 Å². The fourth-order valence-electron chi connectivity index (χ4n) is 2.04. The van der Waals surface area contributed by atoms with Crippen LogP contribution >= 0.6 is 0 Å². The van der Waals surface area contributed by atoms with Gasteiger partial charge in [-0.3, -0.25) is 0 Å². The number of hydrogen-bond acceptors (Lipinski definition) is 2. The fourth-order valence-corrected chi connectivity index (χ4v) is 3.72. The van der Waals surface area contributed by atoms with Gasteiger partial charge in [0.2, 0.25) is 10.0 Å². The summed E-state index contributed by atoms with van der Waals surface area (Å²) in [4.78, 5) is 0.418. The Morgan fingerprint density at radius 2 is 2.12 bits per heavy atom. The summed E-state index contributed by atoms with van der Waals surface area (Å²) in [5.74, 6) is 0.472. The van der Waals surface area contributed by atoms with E-state index in [0.717, 1.165) is 12.0 Å². The number of sulfonamides is 1. The zero-order chi connectivity index (χ0) is 11.8. The normalized spacial score (nSPS) is 22.5. The molecule has 1 aliphatic rings. The number of nitrogens with zero attached hydrogens (tertiary/aromatic N) is 1. The summed E-state index contributed by atoms with van der Waals surface area (Å²) in [5.41, 5.74) is 0.980. The molecule has 88 valence electrons. The second-order valence-corrected chi connectivity index (χ2v) is 6.51. The molecule has 0 N–H and O–H groups in total. The molecule has 1 atom stereocenters. The Morgan fingerprint density at radius 1 is 1.38 bits per heavy atom. The molecule has 0 spiro atoms. The van der Waals surface area contributed by atoms with Gasteiger partial charge in [0.25, 0.3) is 0 Å². The van der Waals surface area contributed by atoms with Gasteiger partial charge in [0.1, 0.15) is 0 Å². The van der Waals surface area contributed by atoms with E-state index in [9.17, 15) is 8.42 Å². The quantitative estimate of drug-likeness (QED) is 0.792. The van der Waals surface area contributed by atoms with Crippen molar-refractivity contribution in [1.82, 2.24) is 4.31 Å². The van der Waals surface area contributed by atoms with Crippen molar-refractivity contribution in [3.05, 3.63) is 29.8 Å². The fraction of sp³-hybridized carbons (Fsp3) is 0.500. The van der Waals surface area contributed by atoms with E-state index in [1.54, 1.807) is 22.5 Å². The predicted octanol–water partition coefficient (Wildman–Crippen LogP) is 2.03. The van der Waals surface area contributed by atoms with E-state index >= 15 is 0 Å². The Labute approximate surface area is 97.1 Å². The molecule has 0 aliphatic carbocycles. The van der Waals surface area contributed by atoms with Crippen molar-refractivity contribution in [3.8, 4) is 0 Å². The highest BCUT2D eigenvalue weighted by Gasteiger charge is 2.30. The van der Waals surface area contributed by atoms with Crippen molar-refractivity contribution < 1.29 is 8.42 Å². The van der Waals surface area contributed by atoms with Crippen LogP contribution in [0.1, 0.15) is 18.9 Å².